The molecule has 1 heterocycles. The molecule has 0 aliphatic heterocycles. The van der Waals surface area contributed by atoms with Crippen LogP contribution in [0, 0.1) is 5.82 Å². The van der Waals surface area contributed by atoms with Gasteiger partial charge in [0.05, 0.1) is 5.56 Å². The van der Waals surface area contributed by atoms with Crippen LogP contribution in [-0.2, 0) is 11.3 Å². The minimum atomic E-state index is -1.02. The summed E-state index contributed by atoms with van der Waals surface area (Å²) in [7, 11) is 0. The predicted molar refractivity (Wildman–Crippen MR) is 53.1 cm³/mol. The number of rotatable bonds is 3. The summed E-state index contributed by atoms with van der Waals surface area (Å²) in [5.41, 5.74) is 0.256. The highest BCUT2D eigenvalue weighted by atomic mass is 19.1. The Labute approximate surface area is 90.2 Å². The maximum atomic E-state index is 13.3. The van der Waals surface area contributed by atoms with Crippen molar-refractivity contribution in [3.63, 3.8) is 0 Å². The van der Waals surface area contributed by atoms with Crippen LogP contribution in [0.5, 0.6) is 0 Å². The van der Waals surface area contributed by atoms with Gasteiger partial charge in [0, 0.05) is 0 Å². The van der Waals surface area contributed by atoms with Crippen molar-refractivity contribution >= 4 is 5.97 Å². The number of aromatic nitrogens is 3. The Balaban J connectivity index is 2.32. The molecule has 2 rings (SSSR count). The van der Waals surface area contributed by atoms with Gasteiger partial charge < -0.3 is 5.11 Å². The quantitative estimate of drug-likeness (QED) is 0.844. The lowest BCUT2D eigenvalue weighted by molar-refractivity contribution is -0.137. The van der Waals surface area contributed by atoms with Gasteiger partial charge in [0.25, 0.3) is 0 Å². The fourth-order valence-electron chi connectivity index (χ4n) is 1.28. The van der Waals surface area contributed by atoms with Gasteiger partial charge in [-0.3, -0.25) is 4.79 Å². The number of nitrogens with zero attached hydrogens (tertiary/aromatic N) is 3. The average Bonchev–Trinajstić information content (AvgIpc) is 2.66. The van der Waals surface area contributed by atoms with Gasteiger partial charge in [-0.2, -0.15) is 5.10 Å². The topological polar surface area (TPSA) is 68.0 Å². The highest BCUT2D eigenvalue weighted by Crippen LogP contribution is 2.17. The van der Waals surface area contributed by atoms with Crippen LogP contribution in [0.4, 0.5) is 4.39 Å². The Morgan fingerprint density at radius 2 is 2.19 bits per heavy atom. The maximum absolute atomic E-state index is 13.3. The van der Waals surface area contributed by atoms with E-state index in [0.29, 0.717) is 0 Å². The van der Waals surface area contributed by atoms with Gasteiger partial charge in [0.1, 0.15) is 18.7 Å². The molecule has 16 heavy (non-hydrogen) atoms. The molecule has 1 aromatic heterocycles. The van der Waals surface area contributed by atoms with Crippen molar-refractivity contribution in [3.8, 4) is 11.4 Å². The van der Waals surface area contributed by atoms with Gasteiger partial charge in [-0.15, -0.1) is 0 Å². The lowest BCUT2D eigenvalue weighted by Gasteiger charge is -1.96. The van der Waals surface area contributed by atoms with E-state index < -0.39 is 11.8 Å². The monoisotopic (exact) mass is 221 g/mol. The highest BCUT2D eigenvalue weighted by Gasteiger charge is 2.09. The van der Waals surface area contributed by atoms with Crippen LogP contribution in [0.2, 0.25) is 0 Å². The van der Waals surface area contributed by atoms with Gasteiger partial charge >= 0.3 is 5.97 Å². The van der Waals surface area contributed by atoms with Crippen LogP contribution in [0.15, 0.2) is 30.6 Å². The second-order valence-corrected chi connectivity index (χ2v) is 3.14. The van der Waals surface area contributed by atoms with Crippen LogP contribution in [0.1, 0.15) is 0 Å². The lowest BCUT2D eigenvalue weighted by atomic mass is 10.2. The average molecular weight is 221 g/mol. The predicted octanol–water partition coefficient (Wildman–Crippen LogP) is 1.17. The van der Waals surface area contributed by atoms with E-state index in [-0.39, 0.29) is 17.9 Å². The first-order valence-corrected chi connectivity index (χ1v) is 4.53. The number of aliphatic carboxylic acids is 1. The van der Waals surface area contributed by atoms with Crippen molar-refractivity contribution in [1.82, 2.24) is 14.8 Å². The fourth-order valence-corrected chi connectivity index (χ4v) is 1.28. The molecule has 0 fully saturated rings. The Kier molecular flexibility index (Phi) is 2.63. The highest BCUT2D eigenvalue weighted by molar-refractivity contribution is 5.66. The maximum Gasteiger partial charge on any atom is 0.325 e. The molecule has 82 valence electrons. The molecule has 0 saturated carbocycles. The van der Waals surface area contributed by atoms with E-state index >= 15 is 0 Å². The number of carbonyl (C=O) groups is 1. The minimum absolute atomic E-state index is 0.180. The normalized spacial score (nSPS) is 10.3. The van der Waals surface area contributed by atoms with Crippen LogP contribution < -0.4 is 0 Å². The van der Waals surface area contributed by atoms with Crippen LogP contribution in [-0.4, -0.2) is 25.8 Å². The Morgan fingerprint density at radius 1 is 1.44 bits per heavy atom. The molecule has 0 amide bonds. The molecule has 0 aliphatic rings. The van der Waals surface area contributed by atoms with Crippen molar-refractivity contribution in [2.24, 2.45) is 0 Å². The van der Waals surface area contributed by atoms with E-state index in [0.717, 1.165) is 4.68 Å². The molecule has 0 spiro atoms. The number of hydrogen-bond acceptors (Lipinski definition) is 3. The molecular weight excluding hydrogens is 213 g/mol. The summed E-state index contributed by atoms with van der Waals surface area (Å²) in [6.45, 7) is -0.290. The first-order chi connectivity index (χ1) is 7.66. The van der Waals surface area contributed by atoms with Gasteiger partial charge in [0.2, 0.25) is 0 Å². The summed E-state index contributed by atoms with van der Waals surface area (Å²) < 4.78 is 14.5. The third kappa shape index (κ3) is 2.05. The van der Waals surface area contributed by atoms with E-state index in [2.05, 4.69) is 10.1 Å². The number of benzene rings is 1. The fraction of sp³-hybridized carbons (Fsp3) is 0.100. The molecule has 1 aromatic carbocycles. The summed E-state index contributed by atoms with van der Waals surface area (Å²) in [6.07, 6.45) is 1.26. The molecule has 0 bridgehead atoms. The van der Waals surface area contributed by atoms with E-state index in [4.69, 9.17) is 5.11 Å². The summed E-state index contributed by atoms with van der Waals surface area (Å²) in [4.78, 5) is 14.3. The smallest absolute Gasteiger partial charge is 0.325 e. The Hall–Kier alpha value is -2.24. The standard InChI is InChI=1S/C10H8FN3O2/c11-8-4-2-1-3-7(8)10-12-6-14(13-10)5-9(15)16/h1-4,6H,5H2,(H,15,16). The molecule has 0 saturated heterocycles. The molecule has 2 aromatic rings. The molecule has 6 heteroatoms. The number of carboxylic acid groups (broad SMARTS) is 1. The van der Waals surface area contributed by atoms with Crippen molar-refractivity contribution < 1.29 is 14.3 Å². The van der Waals surface area contributed by atoms with Crippen LogP contribution >= 0.6 is 0 Å². The van der Waals surface area contributed by atoms with Gasteiger partial charge in [-0.05, 0) is 12.1 Å². The number of carboxylic acids is 1. The molecule has 0 atom stereocenters. The second kappa shape index (κ2) is 4.09. The minimum Gasteiger partial charge on any atom is -0.480 e. The van der Waals surface area contributed by atoms with E-state index in [1.807, 2.05) is 0 Å². The molecule has 5 nitrogen and oxygen atoms in total. The zero-order valence-electron chi connectivity index (χ0n) is 8.17. The summed E-state index contributed by atoms with van der Waals surface area (Å²) >= 11 is 0. The second-order valence-electron chi connectivity index (χ2n) is 3.14. The first kappa shape index (κ1) is 10.3. The summed E-state index contributed by atoms with van der Waals surface area (Å²) in [5, 5.41) is 12.4. The molecular formula is C10H8FN3O2. The van der Waals surface area contributed by atoms with Crippen molar-refractivity contribution in [2.75, 3.05) is 0 Å². The van der Waals surface area contributed by atoms with Gasteiger partial charge in [-0.1, -0.05) is 12.1 Å². The van der Waals surface area contributed by atoms with Crippen molar-refractivity contribution in [2.45, 2.75) is 6.54 Å². The zero-order valence-corrected chi connectivity index (χ0v) is 8.17. The van der Waals surface area contributed by atoms with Crippen LogP contribution in [0.3, 0.4) is 0 Å². The van der Waals surface area contributed by atoms with Crippen LogP contribution in [0.25, 0.3) is 11.4 Å². The number of hydrogen-bond donors (Lipinski definition) is 1. The third-order valence-corrected chi connectivity index (χ3v) is 1.95. The lowest BCUT2D eigenvalue weighted by Crippen LogP contribution is -2.09. The molecule has 0 aliphatic carbocycles. The van der Waals surface area contributed by atoms with Gasteiger partial charge in [-0.25, -0.2) is 14.1 Å². The molecule has 1 N–H and O–H groups in total. The third-order valence-electron chi connectivity index (χ3n) is 1.95. The number of halogens is 1. The largest absolute Gasteiger partial charge is 0.480 e. The molecule has 0 unspecified atom stereocenters. The summed E-state index contributed by atoms with van der Waals surface area (Å²) in [5.74, 6) is -1.28. The summed E-state index contributed by atoms with van der Waals surface area (Å²) in [6, 6.07) is 6.06. The Morgan fingerprint density at radius 3 is 2.88 bits per heavy atom. The first-order valence-electron chi connectivity index (χ1n) is 4.53. The van der Waals surface area contributed by atoms with Gasteiger partial charge in [0.15, 0.2) is 5.82 Å². The SMILES string of the molecule is O=C(O)Cn1cnc(-c2ccccc2F)n1. The zero-order chi connectivity index (χ0) is 11.5. The van der Waals surface area contributed by atoms with E-state index in [1.165, 1.54) is 18.5 Å². The molecule has 0 radical (unpaired) electrons. The van der Waals surface area contributed by atoms with Crippen molar-refractivity contribution in [3.05, 3.63) is 36.4 Å². The van der Waals surface area contributed by atoms with E-state index in [9.17, 15) is 9.18 Å². The van der Waals surface area contributed by atoms with Crippen molar-refractivity contribution in [1.29, 1.82) is 0 Å². The Bertz CT molecular complexity index is 524. The van der Waals surface area contributed by atoms with E-state index in [1.54, 1.807) is 12.1 Å².